The van der Waals surface area contributed by atoms with E-state index in [4.69, 9.17) is 5.14 Å². The second-order valence-electron chi connectivity index (χ2n) is 10.6. The summed E-state index contributed by atoms with van der Waals surface area (Å²) in [4.78, 5) is 17.0. The highest BCUT2D eigenvalue weighted by atomic mass is 32.2. The molecule has 0 amide bonds. The van der Waals surface area contributed by atoms with Crippen LogP contribution >= 0.6 is 11.3 Å². The number of carbonyl (C=O) groups is 1. The van der Waals surface area contributed by atoms with Gasteiger partial charge in [0.15, 0.2) is 5.69 Å². The highest BCUT2D eigenvalue weighted by molar-refractivity contribution is 7.89. The molecule has 0 radical (unpaired) electrons. The van der Waals surface area contributed by atoms with E-state index in [1.54, 1.807) is 25.1 Å². The molecule has 1 saturated carbocycles. The molecular weight excluding hydrogens is 574 g/mol. The number of hydrogen-bond acceptors (Lipinski definition) is 5. The molecule has 0 aliphatic heterocycles. The predicted octanol–water partition coefficient (Wildman–Crippen LogP) is 6.74. The first kappa shape index (κ1) is 28.0. The zero-order chi connectivity index (χ0) is 29.6. The van der Waals surface area contributed by atoms with Crippen LogP contribution in [-0.2, 0) is 23.0 Å². The fourth-order valence-corrected chi connectivity index (χ4v) is 6.67. The molecule has 7 nitrogen and oxygen atoms in total. The normalized spacial score (nSPS) is 13.4. The number of primary sulfonamides is 1. The zero-order valence-corrected chi connectivity index (χ0v) is 24.4. The number of carboxylic acids is 1. The lowest BCUT2D eigenvalue weighted by molar-refractivity contribution is 0.0690. The van der Waals surface area contributed by atoms with Gasteiger partial charge in [0, 0.05) is 28.4 Å². The molecule has 0 unspecified atom stereocenters. The lowest BCUT2D eigenvalue weighted by Crippen LogP contribution is -2.12. The number of sulfonamides is 1. The molecule has 5 aromatic rings. The molecule has 2 aromatic heterocycles. The number of carboxylic acid groups (broad SMARTS) is 1. The minimum absolute atomic E-state index is 0.0418. The van der Waals surface area contributed by atoms with Crippen LogP contribution in [0, 0.1) is 18.7 Å². The van der Waals surface area contributed by atoms with E-state index in [-0.39, 0.29) is 16.4 Å². The number of halogens is 1. The Kier molecular flexibility index (Phi) is 7.30. The summed E-state index contributed by atoms with van der Waals surface area (Å²) in [7, 11) is -3.82. The Morgan fingerprint density at radius 3 is 2.31 bits per heavy atom. The van der Waals surface area contributed by atoms with Gasteiger partial charge in [-0.1, -0.05) is 42.5 Å². The van der Waals surface area contributed by atoms with Gasteiger partial charge in [-0.15, -0.1) is 11.3 Å². The van der Waals surface area contributed by atoms with E-state index < -0.39 is 16.0 Å². The van der Waals surface area contributed by atoms with Crippen molar-refractivity contribution in [1.82, 2.24) is 9.55 Å². The SMILES string of the molecule is Cc1sc(-c2cc(-c3cccc(-c4cccc(F)c4)c3)n(Cc3ccc(S(N)(=O)=O)cc3)c2CC2CC2)nc1C(=O)O. The van der Waals surface area contributed by atoms with Gasteiger partial charge in [-0.05, 0) is 90.8 Å². The fraction of sp³-hybridized carbons (Fsp3) is 0.188. The van der Waals surface area contributed by atoms with Gasteiger partial charge >= 0.3 is 5.97 Å². The summed E-state index contributed by atoms with van der Waals surface area (Å²) in [5.74, 6) is -0.851. The molecule has 214 valence electrons. The lowest BCUT2D eigenvalue weighted by atomic mass is 10.0. The third-order valence-corrected chi connectivity index (χ3v) is 9.46. The average molecular weight is 602 g/mol. The molecule has 0 saturated heterocycles. The highest BCUT2D eigenvalue weighted by Crippen LogP contribution is 2.42. The summed E-state index contributed by atoms with van der Waals surface area (Å²) in [5, 5.41) is 15.6. The molecule has 1 aliphatic rings. The van der Waals surface area contributed by atoms with Crippen molar-refractivity contribution in [3.63, 3.8) is 0 Å². The van der Waals surface area contributed by atoms with Crippen molar-refractivity contribution in [2.75, 3.05) is 0 Å². The molecule has 0 atom stereocenters. The maximum absolute atomic E-state index is 14.1. The van der Waals surface area contributed by atoms with Gasteiger partial charge < -0.3 is 9.67 Å². The van der Waals surface area contributed by atoms with Crippen LogP contribution in [0.5, 0.6) is 0 Å². The minimum atomic E-state index is -3.82. The first-order chi connectivity index (χ1) is 20.1. The van der Waals surface area contributed by atoms with Crippen molar-refractivity contribution in [1.29, 1.82) is 0 Å². The second-order valence-corrected chi connectivity index (χ2v) is 13.4. The van der Waals surface area contributed by atoms with Crippen molar-refractivity contribution < 1.29 is 22.7 Å². The van der Waals surface area contributed by atoms with Gasteiger partial charge in [-0.2, -0.15) is 0 Å². The zero-order valence-electron chi connectivity index (χ0n) is 22.7. The van der Waals surface area contributed by atoms with E-state index >= 15 is 0 Å². The van der Waals surface area contributed by atoms with E-state index in [9.17, 15) is 22.7 Å². The van der Waals surface area contributed by atoms with Crippen molar-refractivity contribution in [2.45, 2.75) is 37.6 Å². The van der Waals surface area contributed by atoms with Gasteiger partial charge in [0.1, 0.15) is 10.8 Å². The molecule has 6 rings (SSSR count). The van der Waals surface area contributed by atoms with Gasteiger partial charge in [-0.25, -0.2) is 27.7 Å². The highest BCUT2D eigenvalue weighted by Gasteiger charge is 2.29. The number of aromatic nitrogens is 2. The van der Waals surface area contributed by atoms with E-state index in [0.717, 1.165) is 58.5 Å². The Labute approximate surface area is 247 Å². The van der Waals surface area contributed by atoms with Crippen LogP contribution in [0.15, 0.2) is 83.8 Å². The fourth-order valence-electron chi connectivity index (χ4n) is 5.21. The maximum atomic E-state index is 14.1. The molecule has 3 N–H and O–H groups in total. The standard InChI is InChI=1S/C32H28FN3O4S2/c1-19-30(32(37)38)35-31(41-19)27-17-28(24-6-2-4-22(15-24)23-5-3-7-25(33)16-23)36(29(27)14-20-8-9-20)18-21-10-12-26(13-11-21)42(34,39)40/h2-7,10-13,15-17,20H,8-9,14,18H2,1H3,(H,37,38)(H2,34,39,40). The van der Waals surface area contributed by atoms with Gasteiger partial charge in [0.2, 0.25) is 10.0 Å². The van der Waals surface area contributed by atoms with Crippen LogP contribution in [0.2, 0.25) is 0 Å². The van der Waals surface area contributed by atoms with Crippen LogP contribution in [-0.4, -0.2) is 29.0 Å². The number of rotatable bonds is 9. The Balaban J connectivity index is 1.53. The van der Waals surface area contributed by atoms with E-state index in [0.29, 0.717) is 22.3 Å². The monoisotopic (exact) mass is 601 g/mol. The summed E-state index contributed by atoms with van der Waals surface area (Å²) >= 11 is 1.36. The third kappa shape index (κ3) is 5.78. The summed E-state index contributed by atoms with van der Waals surface area (Å²) in [6, 6.07) is 22.9. The minimum Gasteiger partial charge on any atom is -0.476 e. The van der Waals surface area contributed by atoms with Crippen molar-refractivity contribution in [3.8, 4) is 33.0 Å². The maximum Gasteiger partial charge on any atom is 0.355 e. The third-order valence-electron chi connectivity index (χ3n) is 7.53. The van der Waals surface area contributed by atoms with E-state index in [1.807, 2.05) is 30.3 Å². The molecule has 2 heterocycles. The molecular formula is C32H28FN3O4S2. The summed E-state index contributed by atoms with van der Waals surface area (Å²) in [6.07, 6.45) is 3.04. The first-order valence-corrected chi connectivity index (χ1v) is 15.8. The van der Waals surface area contributed by atoms with Crippen molar-refractivity contribution >= 4 is 27.3 Å². The van der Waals surface area contributed by atoms with Crippen molar-refractivity contribution in [2.24, 2.45) is 11.1 Å². The average Bonchev–Trinajstić information content (AvgIpc) is 3.59. The molecule has 42 heavy (non-hydrogen) atoms. The number of nitrogens with zero attached hydrogens (tertiary/aromatic N) is 2. The topological polar surface area (TPSA) is 115 Å². The summed E-state index contributed by atoms with van der Waals surface area (Å²) < 4.78 is 39.9. The molecule has 0 spiro atoms. The first-order valence-electron chi connectivity index (χ1n) is 13.5. The quantitative estimate of drug-likeness (QED) is 0.194. The Hall–Kier alpha value is -4.12. The predicted molar refractivity (Wildman–Crippen MR) is 161 cm³/mol. The van der Waals surface area contributed by atoms with Crippen LogP contribution < -0.4 is 5.14 Å². The van der Waals surface area contributed by atoms with Gasteiger partial charge in [0.25, 0.3) is 0 Å². The Morgan fingerprint density at radius 1 is 1.02 bits per heavy atom. The molecule has 0 bridgehead atoms. The number of benzene rings is 3. The molecule has 1 aliphatic carbocycles. The van der Waals surface area contributed by atoms with Crippen LogP contribution in [0.1, 0.15) is 39.5 Å². The van der Waals surface area contributed by atoms with Gasteiger partial charge in [0.05, 0.1) is 4.90 Å². The summed E-state index contributed by atoms with van der Waals surface area (Å²) in [6.45, 7) is 2.21. The summed E-state index contributed by atoms with van der Waals surface area (Å²) in [5.41, 5.74) is 6.29. The Morgan fingerprint density at radius 2 is 1.69 bits per heavy atom. The number of thiazole rings is 1. The van der Waals surface area contributed by atoms with Gasteiger partial charge in [-0.3, -0.25) is 0 Å². The van der Waals surface area contributed by atoms with Crippen LogP contribution in [0.25, 0.3) is 33.0 Å². The van der Waals surface area contributed by atoms with E-state index in [2.05, 4.69) is 15.6 Å². The number of aromatic carboxylic acids is 1. The Bertz CT molecular complexity index is 1920. The second kappa shape index (κ2) is 10.9. The molecule has 1 fully saturated rings. The van der Waals surface area contributed by atoms with Crippen molar-refractivity contribution in [3.05, 3.63) is 107 Å². The van der Waals surface area contributed by atoms with E-state index in [1.165, 1.54) is 35.6 Å². The number of aryl methyl sites for hydroxylation is 1. The smallest absolute Gasteiger partial charge is 0.355 e. The van der Waals surface area contributed by atoms with Crippen LogP contribution in [0.3, 0.4) is 0 Å². The molecule has 3 aromatic carbocycles. The largest absolute Gasteiger partial charge is 0.476 e. The lowest BCUT2D eigenvalue weighted by Gasteiger charge is -2.16. The van der Waals surface area contributed by atoms with Crippen LogP contribution in [0.4, 0.5) is 4.39 Å². The number of nitrogens with two attached hydrogens (primary N) is 1. The molecule has 10 heteroatoms. The number of hydrogen-bond donors (Lipinski definition) is 2.